The van der Waals surface area contributed by atoms with Crippen LogP contribution in [-0.2, 0) is 4.79 Å². The third-order valence-corrected chi connectivity index (χ3v) is 6.81. The Labute approximate surface area is 256 Å². The van der Waals surface area contributed by atoms with Gasteiger partial charge in [0.25, 0.3) is 11.5 Å². The van der Waals surface area contributed by atoms with E-state index in [1.165, 1.54) is 29.1 Å². The fraction of sp³-hybridized carbons (Fsp3) is 0.118. The quantitative estimate of drug-likeness (QED) is 0.183. The van der Waals surface area contributed by atoms with E-state index in [2.05, 4.69) is 10.4 Å². The lowest BCUT2D eigenvalue weighted by Gasteiger charge is -2.13. The highest BCUT2D eigenvalue weighted by atomic mass is 19.1. The Kier molecular flexibility index (Phi) is 8.23. The predicted octanol–water partition coefficient (Wildman–Crippen LogP) is 6.26. The summed E-state index contributed by atoms with van der Waals surface area (Å²) in [4.78, 5) is 30.7. The molecule has 0 unspecified atom stereocenters. The molecule has 2 heterocycles. The van der Waals surface area contributed by atoms with Crippen molar-refractivity contribution in [1.82, 2.24) is 9.66 Å². The SMILES string of the molecule is CCOc1cc(C=Nn2c(-c3cc4c(OC)cccc4o3)nc3ccccc3c2=O)ccc1OCC(=O)Nc1ccccc1F. The van der Waals surface area contributed by atoms with Gasteiger partial charge in [-0.15, -0.1) is 0 Å². The molecule has 0 spiro atoms. The largest absolute Gasteiger partial charge is 0.496 e. The molecule has 1 amide bonds. The number of carbonyl (C=O) groups is 1. The molecule has 0 fully saturated rings. The highest BCUT2D eigenvalue weighted by Crippen LogP contribution is 2.33. The maximum atomic E-state index is 13.9. The number of anilines is 1. The van der Waals surface area contributed by atoms with E-state index < -0.39 is 11.7 Å². The Morgan fingerprint density at radius 2 is 1.78 bits per heavy atom. The maximum absolute atomic E-state index is 13.9. The number of nitrogens with one attached hydrogen (secondary N) is 1. The first kappa shape index (κ1) is 29.1. The Hall–Kier alpha value is -5.97. The number of aromatic nitrogens is 2. The van der Waals surface area contributed by atoms with Crippen LogP contribution in [0.2, 0.25) is 0 Å². The summed E-state index contributed by atoms with van der Waals surface area (Å²) in [5, 5.41) is 8.10. The average molecular weight is 607 g/mol. The van der Waals surface area contributed by atoms with Gasteiger partial charge in [-0.2, -0.15) is 9.78 Å². The van der Waals surface area contributed by atoms with Crippen LogP contribution in [-0.4, -0.2) is 42.1 Å². The molecule has 2 aromatic heterocycles. The zero-order chi connectivity index (χ0) is 31.3. The van der Waals surface area contributed by atoms with Gasteiger partial charge in [0.1, 0.15) is 17.1 Å². The van der Waals surface area contributed by atoms with Crippen molar-refractivity contribution < 1.29 is 27.8 Å². The van der Waals surface area contributed by atoms with Gasteiger partial charge in [-0.3, -0.25) is 9.59 Å². The fourth-order valence-corrected chi connectivity index (χ4v) is 4.72. The van der Waals surface area contributed by atoms with Crippen LogP contribution in [0, 0.1) is 5.82 Å². The Bertz CT molecular complexity index is 2120. The van der Waals surface area contributed by atoms with Gasteiger partial charge in [0.15, 0.2) is 23.9 Å². The highest BCUT2D eigenvalue weighted by Gasteiger charge is 2.18. The maximum Gasteiger partial charge on any atom is 0.282 e. The Balaban J connectivity index is 1.31. The Morgan fingerprint density at radius 1 is 0.956 bits per heavy atom. The molecule has 1 N–H and O–H groups in total. The molecule has 0 aliphatic rings. The zero-order valence-corrected chi connectivity index (χ0v) is 24.3. The van der Waals surface area contributed by atoms with Gasteiger partial charge in [-0.05, 0) is 73.2 Å². The van der Waals surface area contributed by atoms with Gasteiger partial charge in [0.2, 0.25) is 5.82 Å². The van der Waals surface area contributed by atoms with E-state index in [9.17, 15) is 14.0 Å². The molecule has 0 bridgehead atoms. The van der Waals surface area contributed by atoms with Crippen LogP contribution in [0.1, 0.15) is 12.5 Å². The minimum atomic E-state index is -0.548. The third-order valence-electron chi connectivity index (χ3n) is 6.81. The summed E-state index contributed by atoms with van der Waals surface area (Å²) in [7, 11) is 1.57. The highest BCUT2D eigenvalue weighted by molar-refractivity contribution is 5.92. The molecular weight excluding hydrogens is 579 g/mol. The van der Waals surface area contributed by atoms with Gasteiger partial charge in [0.05, 0.1) is 41.9 Å². The van der Waals surface area contributed by atoms with Crippen LogP contribution in [0.3, 0.4) is 0 Å². The fourth-order valence-electron chi connectivity index (χ4n) is 4.72. The predicted molar refractivity (Wildman–Crippen MR) is 169 cm³/mol. The smallest absolute Gasteiger partial charge is 0.282 e. The van der Waals surface area contributed by atoms with E-state index >= 15 is 0 Å². The monoisotopic (exact) mass is 606 g/mol. The zero-order valence-electron chi connectivity index (χ0n) is 24.3. The third kappa shape index (κ3) is 6.09. The lowest BCUT2D eigenvalue weighted by molar-refractivity contribution is -0.118. The number of furan rings is 1. The van der Waals surface area contributed by atoms with E-state index in [1.807, 2.05) is 19.1 Å². The number of para-hydroxylation sites is 2. The molecule has 45 heavy (non-hydrogen) atoms. The molecule has 0 radical (unpaired) electrons. The standard InChI is InChI=1S/C34H27FN4O6/c1-3-43-30-17-21(15-16-29(30)44-20-32(40)37-26-12-7-5-10-24(26)35)19-36-39-33(38-25-11-6-4-9-22(25)34(39)41)31-18-23-27(42-2)13-8-14-28(23)45-31/h4-19H,3,20H2,1-2H3,(H,37,40). The lowest BCUT2D eigenvalue weighted by Crippen LogP contribution is -2.21. The topological polar surface area (TPSA) is 117 Å². The minimum absolute atomic E-state index is 0.0577. The number of methoxy groups -OCH3 is 1. The summed E-state index contributed by atoms with van der Waals surface area (Å²) in [6, 6.07) is 25.0. The van der Waals surface area contributed by atoms with Crippen molar-refractivity contribution in [3.05, 3.63) is 113 Å². The molecule has 226 valence electrons. The van der Waals surface area contributed by atoms with E-state index in [4.69, 9.17) is 23.6 Å². The number of carbonyl (C=O) groups excluding carboxylic acids is 1. The Morgan fingerprint density at radius 3 is 2.60 bits per heavy atom. The first-order chi connectivity index (χ1) is 21.9. The van der Waals surface area contributed by atoms with E-state index in [-0.39, 0.29) is 23.7 Å². The summed E-state index contributed by atoms with van der Waals surface area (Å²) in [6.07, 6.45) is 1.49. The lowest BCUT2D eigenvalue weighted by atomic mass is 10.2. The van der Waals surface area contributed by atoms with Crippen LogP contribution in [0.4, 0.5) is 10.1 Å². The van der Waals surface area contributed by atoms with Crippen molar-refractivity contribution in [1.29, 1.82) is 0 Å². The van der Waals surface area contributed by atoms with Crippen LogP contribution >= 0.6 is 0 Å². The molecule has 10 nitrogen and oxygen atoms in total. The molecule has 0 saturated heterocycles. The second kappa shape index (κ2) is 12.7. The summed E-state index contributed by atoms with van der Waals surface area (Å²) in [5.74, 6) is 0.741. The number of benzene rings is 4. The van der Waals surface area contributed by atoms with E-state index in [0.717, 1.165) is 5.39 Å². The molecule has 0 aliphatic heterocycles. The van der Waals surface area contributed by atoms with Crippen molar-refractivity contribution in [2.75, 3.05) is 25.6 Å². The summed E-state index contributed by atoms with van der Waals surface area (Å²) < 4.78 is 38.1. The van der Waals surface area contributed by atoms with Crippen LogP contribution < -0.4 is 25.1 Å². The van der Waals surface area contributed by atoms with Crippen molar-refractivity contribution in [3.63, 3.8) is 0 Å². The molecule has 0 aliphatic carbocycles. The van der Waals surface area contributed by atoms with Gasteiger partial charge >= 0.3 is 0 Å². The molecule has 6 rings (SSSR count). The second-order valence-electron chi connectivity index (χ2n) is 9.75. The average Bonchev–Trinajstić information content (AvgIpc) is 3.50. The first-order valence-corrected chi connectivity index (χ1v) is 14.0. The molecule has 4 aromatic carbocycles. The number of halogens is 1. The van der Waals surface area contributed by atoms with Gasteiger partial charge in [0, 0.05) is 0 Å². The van der Waals surface area contributed by atoms with Crippen molar-refractivity contribution >= 4 is 39.7 Å². The molecule has 0 saturated carbocycles. The summed E-state index contributed by atoms with van der Waals surface area (Å²) >= 11 is 0. The number of rotatable bonds is 10. The van der Waals surface area contributed by atoms with E-state index in [0.29, 0.717) is 51.7 Å². The summed E-state index contributed by atoms with van der Waals surface area (Å²) in [6.45, 7) is 1.77. The second-order valence-corrected chi connectivity index (χ2v) is 9.75. The van der Waals surface area contributed by atoms with Crippen molar-refractivity contribution in [2.45, 2.75) is 6.92 Å². The number of nitrogens with zero attached hydrogens (tertiary/aromatic N) is 3. The number of hydrogen-bond acceptors (Lipinski definition) is 8. The number of amides is 1. The van der Waals surface area contributed by atoms with E-state index in [1.54, 1.807) is 67.8 Å². The molecular formula is C34H27FN4O6. The molecule has 0 atom stereocenters. The van der Waals surface area contributed by atoms with Crippen LogP contribution in [0.5, 0.6) is 17.2 Å². The first-order valence-electron chi connectivity index (χ1n) is 14.0. The normalized spacial score (nSPS) is 11.3. The minimum Gasteiger partial charge on any atom is -0.496 e. The van der Waals surface area contributed by atoms with Crippen molar-refractivity contribution in [3.8, 4) is 28.8 Å². The number of hydrogen-bond donors (Lipinski definition) is 1. The van der Waals surface area contributed by atoms with Gasteiger partial charge in [-0.25, -0.2) is 9.37 Å². The van der Waals surface area contributed by atoms with Crippen LogP contribution in [0.25, 0.3) is 33.5 Å². The molecule has 11 heteroatoms. The summed E-state index contributed by atoms with van der Waals surface area (Å²) in [5.41, 5.74) is 1.32. The van der Waals surface area contributed by atoms with Gasteiger partial charge in [-0.1, -0.05) is 30.3 Å². The van der Waals surface area contributed by atoms with Crippen molar-refractivity contribution in [2.24, 2.45) is 5.10 Å². The number of ether oxygens (including phenoxy) is 3. The van der Waals surface area contributed by atoms with Crippen LogP contribution in [0.15, 0.2) is 105 Å². The molecule has 6 aromatic rings. The van der Waals surface area contributed by atoms with Gasteiger partial charge < -0.3 is 23.9 Å². The number of fused-ring (bicyclic) bond motifs is 2.